The van der Waals surface area contributed by atoms with Crippen LogP contribution >= 0.6 is 0 Å². The van der Waals surface area contributed by atoms with Crippen molar-refractivity contribution in [3.63, 3.8) is 0 Å². The van der Waals surface area contributed by atoms with E-state index in [9.17, 15) is 4.79 Å². The Labute approximate surface area is 186 Å². The van der Waals surface area contributed by atoms with Crippen LogP contribution in [0.2, 0.25) is 0 Å². The van der Waals surface area contributed by atoms with E-state index in [2.05, 4.69) is 21.2 Å². The van der Waals surface area contributed by atoms with Crippen molar-refractivity contribution in [3.8, 4) is 11.1 Å². The third kappa shape index (κ3) is 4.06. The lowest BCUT2D eigenvalue weighted by atomic mass is 9.98. The fourth-order valence-corrected chi connectivity index (χ4v) is 3.88. The van der Waals surface area contributed by atoms with E-state index in [0.29, 0.717) is 36.1 Å². The second-order valence-electron chi connectivity index (χ2n) is 8.50. The quantitative estimate of drug-likeness (QED) is 0.491. The fourth-order valence-electron chi connectivity index (χ4n) is 3.88. The van der Waals surface area contributed by atoms with E-state index < -0.39 is 0 Å². The summed E-state index contributed by atoms with van der Waals surface area (Å²) in [4.78, 5) is 23.3. The predicted octanol–water partition coefficient (Wildman–Crippen LogP) is 4.37. The second kappa shape index (κ2) is 8.07. The van der Waals surface area contributed by atoms with Crippen LogP contribution < -0.4 is 5.73 Å². The molecule has 2 N–H and O–H groups in total. The molecule has 0 bridgehead atoms. The molecule has 4 aromatic rings. The lowest BCUT2D eigenvalue weighted by molar-refractivity contribution is 0.0796. The molecule has 2 aromatic carbocycles. The molecule has 32 heavy (non-hydrogen) atoms. The van der Waals surface area contributed by atoms with Gasteiger partial charge in [-0.1, -0.05) is 23.4 Å². The number of benzene rings is 2. The van der Waals surface area contributed by atoms with Crippen molar-refractivity contribution in [2.45, 2.75) is 32.1 Å². The topological polar surface area (TPSA) is 98.1 Å². The molecule has 7 nitrogen and oxygen atoms in total. The van der Waals surface area contributed by atoms with Crippen LogP contribution in [0.1, 0.15) is 46.4 Å². The molecule has 1 amide bonds. The summed E-state index contributed by atoms with van der Waals surface area (Å²) in [6.45, 7) is 2.55. The molecule has 162 valence electrons. The minimum Gasteiger partial charge on any atom is -0.384 e. The predicted molar refractivity (Wildman–Crippen MR) is 123 cm³/mol. The summed E-state index contributed by atoms with van der Waals surface area (Å²) in [6, 6.07) is 13.9. The van der Waals surface area contributed by atoms with E-state index in [4.69, 9.17) is 10.3 Å². The smallest absolute Gasteiger partial charge is 0.253 e. The van der Waals surface area contributed by atoms with Crippen molar-refractivity contribution >= 4 is 22.5 Å². The summed E-state index contributed by atoms with van der Waals surface area (Å²) in [6.07, 6.45) is 4.63. The molecule has 1 aliphatic carbocycles. The number of anilines is 1. The second-order valence-corrected chi connectivity index (χ2v) is 8.50. The lowest BCUT2D eigenvalue weighted by Crippen LogP contribution is -2.29. The van der Waals surface area contributed by atoms with Crippen LogP contribution in [0.3, 0.4) is 0 Å². The molecule has 1 fully saturated rings. The van der Waals surface area contributed by atoms with Gasteiger partial charge >= 0.3 is 0 Å². The number of carbonyl (C=O) groups is 1. The SMILES string of the molecule is Cc1cc(N)ncc1-c1ccc2cc(C(=O)N(C)CCc3noc(C4CC4)n3)ccc2c1. The van der Waals surface area contributed by atoms with E-state index in [1.165, 1.54) is 0 Å². The number of nitrogens with two attached hydrogens (primary N) is 1. The van der Waals surface area contributed by atoms with Gasteiger partial charge in [0.2, 0.25) is 5.89 Å². The molecule has 0 spiro atoms. The van der Waals surface area contributed by atoms with Crippen LogP contribution in [0.15, 0.2) is 53.2 Å². The molecule has 2 heterocycles. The number of nitrogen functional groups attached to an aromatic ring is 1. The maximum Gasteiger partial charge on any atom is 0.253 e. The van der Waals surface area contributed by atoms with Crippen LogP contribution in [0.5, 0.6) is 0 Å². The standard InChI is InChI=1S/C25H25N5O2/c1-15-11-22(26)27-14-21(15)19-7-5-18-13-20(8-6-17(18)12-19)25(31)30(2)10-9-23-28-24(32-29-23)16-3-4-16/h5-8,11-14,16H,3-4,9-10H2,1-2H3,(H2,26,27). The third-order valence-corrected chi connectivity index (χ3v) is 5.96. The zero-order valence-corrected chi connectivity index (χ0v) is 18.2. The van der Waals surface area contributed by atoms with Gasteiger partial charge in [-0.05, 0) is 65.9 Å². The van der Waals surface area contributed by atoms with Crippen molar-refractivity contribution in [3.05, 3.63) is 71.5 Å². The molecule has 5 rings (SSSR count). The monoisotopic (exact) mass is 427 g/mol. The Morgan fingerprint density at radius 1 is 1.16 bits per heavy atom. The third-order valence-electron chi connectivity index (χ3n) is 5.96. The number of pyridine rings is 1. The maximum atomic E-state index is 12.9. The highest BCUT2D eigenvalue weighted by Gasteiger charge is 2.29. The number of nitrogens with zero attached hydrogens (tertiary/aromatic N) is 4. The minimum atomic E-state index is -0.0273. The Hall–Kier alpha value is -3.74. The highest BCUT2D eigenvalue weighted by molar-refractivity contribution is 5.99. The van der Waals surface area contributed by atoms with E-state index in [-0.39, 0.29) is 5.91 Å². The van der Waals surface area contributed by atoms with Crippen LogP contribution in [0.25, 0.3) is 21.9 Å². The van der Waals surface area contributed by atoms with Gasteiger partial charge in [0.1, 0.15) is 5.82 Å². The molecule has 0 unspecified atom stereocenters. The maximum absolute atomic E-state index is 12.9. The minimum absolute atomic E-state index is 0.0273. The highest BCUT2D eigenvalue weighted by Crippen LogP contribution is 2.38. The summed E-state index contributed by atoms with van der Waals surface area (Å²) < 4.78 is 5.29. The van der Waals surface area contributed by atoms with Gasteiger partial charge in [-0.15, -0.1) is 0 Å². The van der Waals surface area contributed by atoms with E-state index in [0.717, 1.165) is 46.2 Å². The Bertz CT molecular complexity index is 1310. The molecule has 1 saturated carbocycles. The average Bonchev–Trinajstić information content (AvgIpc) is 3.54. The zero-order chi connectivity index (χ0) is 22.2. The lowest BCUT2D eigenvalue weighted by Gasteiger charge is -2.16. The molecule has 1 aliphatic rings. The number of aromatic nitrogens is 3. The van der Waals surface area contributed by atoms with Gasteiger partial charge in [0.15, 0.2) is 5.82 Å². The van der Waals surface area contributed by atoms with Gasteiger partial charge in [-0.3, -0.25) is 4.79 Å². The van der Waals surface area contributed by atoms with Crippen LogP contribution in [-0.2, 0) is 6.42 Å². The summed E-state index contributed by atoms with van der Waals surface area (Å²) in [5, 5.41) is 6.11. The molecule has 0 radical (unpaired) electrons. The molecule has 0 aliphatic heterocycles. The van der Waals surface area contributed by atoms with Crippen LogP contribution in [-0.4, -0.2) is 39.5 Å². The molecular formula is C25H25N5O2. The Kier molecular flexibility index (Phi) is 5.09. The number of likely N-dealkylation sites (N-methyl/N-ethyl adjacent to an activating group) is 1. The number of hydrogen-bond donors (Lipinski definition) is 1. The van der Waals surface area contributed by atoms with Crippen LogP contribution in [0.4, 0.5) is 5.82 Å². The average molecular weight is 428 g/mol. The first kappa shape index (κ1) is 20.2. The van der Waals surface area contributed by atoms with Crippen molar-refractivity contribution < 1.29 is 9.32 Å². The van der Waals surface area contributed by atoms with E-state index in [1.54, 1.807) is 18.1 Å². The largest absolute Gasteiger partial charge is 0.384 e. The van der Waals surface area contributed by atoms with Gasteiger partial charge in [0.25, 0.3) is 5.91 Å². The fraction of sp³-hybridized carbons (Fsp3) is 0.280. The van der Waals surface area contributed by atoms with Crippen molar-refractivity contribution in [1.82, 2.24) is 20.0 Å². The highest BCUT2D eigenvalue weighted by atomic mass is 16.5. The van der Waals surface area contributed by atoms with Gasteiger partial charge in [0.05, 0.1) is 0 Å². The molecule has 0 saturated heterocycles. The number of aryl methyl sites for hydroxylation is 1. The summed E-state index contributed by atoms with van der Waals surface area (Å²) in [5.41, 5.74) is 9.64. The normalized spacial score (nSPS) is 13.4. The first-order chi connectivity index (χ1) is 15.5. The molecule has 0 atom stereocenters. The Balaban J connectivity index is 1.30. The van der Waals surface area contributed by atoms with Crippen molar-refractivity contribution in [2.75, 3.05) is 19.3 Å². The number of amides is 1. The number of fused-ring (bicyclic) bond motifs is 1. The van der Waals surface area contributed by atoms with Gasteiger partial charge in [-0.2, -0.15) is 4.98 Å². The van der Waals surface area contributed by atoms with Crippen molar-refractivity contribution in [1.29, 1.82) is 0 Å². The first-order valence-corrected chi connectivity index (χ1v) is 10.8. The van der Waals surface area contributed by atoms with Gasteiger partial charge in [-0.25, -0.2) is 4.98 Å². The number of rotatable bonds is 6. The summed E-state index contributed by atoms with van der Waals surface area (Å²) in [7, 11) is 1.80. The van der Waals surface area contributed by atoms with E-state index in [1.807, 2.05) is 43.3 Å². The number of carbonyl (C=O) groups excluding carboxylic acids is 1. The van der Waals surface area contributed by atoms with Crippen LogP contribution in [0, 0.1) is 6.92 Å². The molecule has 2 aromatic heterocycles. The molecular weight excluding hydrogens is 402 g/mol. The Morgan fingerprint density at radius 3 is 2.72 bits per heavy atom. The Morgan fingerprint density at radius 2 is 1.94 bits per heavy atom. The number of hydrogen-bond acceptors (Lipinski definition) is 6. The van der Waals surface area contributed by atoms with Gasteiger partial charge in [0, 0.05) is 43.3 Å². The van der Waals surface area contributed by atoms with Gasteiger partial charge < -0.3 is 15.2 Å². The summed E-state index contributed by atoms with van der Waals surface area (Å²) >= 11 is 0. The van der Waals surface area contributed by atoms with E-state index >= 15 is 0 Å². The molecule has 7 heteroatoms. The first-order valence-electron chi connectivity index (χ1n) is 10.8. The zero-order valence-electron chi connectivity index (χ0n) is 18.2. The summed E-state index contributed by atoms with van der Waals surface area (Å²) in [5.74, 6) is 2.31. The van der Waals surface area contributed by atoms with Crippen molar-refractivity contribution in [2.24, 2.45) is 0 Å².